The van der Waals surface area contributed by atoms with Crippen LogP contribution < -0.4 is 0 Å². The van der Waals surface area contributed by atoms with Gasteiger partial charge < -0.3 is 0 Å². The van der Waals surface area contributed by atoms with Crippen LogP contribution >= 0.6 is 0 Å². The van der Waals surface area contributed by atoms with Gasteiger partial charge in [-0.2, -0.15) is 0 Å². The van der Waals surface area contributed by atoms with Gasteiger partial charge in [-0.3, -0.25) is 4.79 Å². The van der Waals surface area contributed by atoms with Crippen LogP contribution in [0.2, 0.25) is 0 Å². The summed E-state index contributed by atoms with van der Waals surface area (Å²) in [6.45, 7) is 3.46. The fraction of sp³-hybridized carbons (Fsp3) is 0.235. The molecule has 0 unspecified atom stereocenters. The molecule has 0 saturated carbocycles. The van der Waals surface area contributed by atoms with Gasteiger partial charge in [-0.15, -0.1) is 0 Å². The Labute approximate surface area is 129 Å². The number of hydrogen-bond acceptors (Lipinski definition) is 3. The Morgan fingerprint density at radius 1 is 1.05 bits per heavy atom. The zero-order valence-electron chi connectivity index (χ0n) is 12.5. The first kappa shape index (κ1) is 16.4. The number of aryl methyl sites for hydroxylation is 2. The summed E-state index contributed by atoms with van der Waals surface area (Å²) in [6, 6.07) is 10.7. The van der Waals surface area contributed by atoms with Crippen molar-refractivity contribution in [3.8, 4) is 0 Å². The van der Waals surface area contributed by atoms with E-state index in [1.54, 1.807) is 25.1 Å². The Morgan fingerprint density at radius 2 is 1.68 bits per heavy atom. The number of rotatable bonds is 5. The quantitative estimate of drug-likeness (QED) is 0.851. The molecule has 0 aromatic heterocycles. The third-order valence-electron chi connectivity index (χ3n) is 3.35. The number of Topliss-reactive ketones (excluding diaryl/α,β-unsaturated/α-hetero) is 1. The van der Waals surface area contributed by atoms with E-state index in [2.05, 4.69) is 0 Å². The van der Waals surface area contributed by atoms with Crippen LogP contribution in [0.15, 0.2) is 47.4 Å². The Bertz CT molecular complexity index is 793. The van der Waals surface area contributed by atoms with E-state index in [0.29, 0.717) is 11.1 Å². The molecule has 0 fully saturated rings. The van der Waals surface area contributed by atoms with Crippen LogP contribution in [-0.4, -0.2) is 20.0 Å². The molecule has 3 nitrogen and oxygen atoms in total. The van der Waals surface area contributed by atoms with Crippen LogP contribution in [-0.2, 0) is 21.1 Å². The first-order chi connectivity index (χ1) is 10.3. The Morgan fingerprint density at radius 3 is 2.27 bits per heavy atom. The number of ketones is 1. The molecule has 0 bridgehead atoms. The molecule has 5 heteroatoms. The van der Waals surface area contributed by atoms with E-state index in [1.807, 2.05) is 6.92 Å². The normalized spacial score (nSPS) is 11.4. The molecule has 0 amide bonds. The van der Waals surface area contributed by atoms with Gasteiger partial charge in [-0.05, 0) is 43.2 Å². The number of halogens is 1. The van der Waals surface area contributed by atoms with Gasteiger partial charge in [0.2, 0.25) is 0 Å². The Hall–Kier alpha value is -2.01. The number of carbonyl (C=O) groups is 1. The lowest BCUT2D eigenvalue weighted by atomic mass is 10.1. The van der Waals surface area contributed by atoms with Crippen LogP contribution in [0.4, 0.5) is 4.39 Å². The maximum atomic E-state index is 13.2. The predicted octanol–water partition coefficient (Wildman–Crippen LogP) is 3.03. The molecule has 0 heterocycles. The first-order valence-electron chi connectivity index (χ1n) is 6.84. The standard InChI is InChI=1S/C17H17FO3S/c1-12-3-6-16(7-4-12)22(20,21)11-15(19)10-14-5-8-17(18)13(2)9-14/h3-9H,10-11H2,1-2H3. The van der Waals surface area contributed by atoms with E-state index in [1.165, 1.54) is 24.3 Å². The van der Waals surface area contributed by atoms with Gasteiger partial charge in [-0.1, -0.05) is 29.8 Å². The third kappa shape index (κ3) is 4.01. The van der Waals surface area contributed by atoms with Crippen LogP contribution in [0.1, 0.15) is 16.7 Å². The second kappa shape index (κ2) is 6.40. The van der Waals surface area contributed by atoms with E-state index in [9.17, 15) is 17.6 Å². The van der Waals surface area contributed by atoms with Crippen molar-refractivity contribution in [1.82, 2.24) is 0 Å². The lowest BCUT2D eigenvalue weighted by Gasteiger charge is -2.06. The summed E-state index contributed by atoms with van der Waals surface area (Å²) in [5.74, 6) is -1.30. The van der Waals surface area contributed by atoms with Gasteiger partial charge in [0.05, 0.1) is 4.90 Å². The van der Waals surface area contributed by atoms with E-state index in [4.69, 9.17) is 0 Å². The van der Waals surface area contributed by atoms with E-state index < -0.39 is 21.4 Å². The summed E-state index contributed by atoms with van der Waals surface area (Å²) in [4.78, 5) is 12.1. The highest BCUT2D eigenvalue weighted by Gasteiger charge is 2.19. The van der Waals surface area contributed by atoms with Crippen molar-refractivity contribution in [1.29, 1.82) is 0 Å². The van der Waals surface area contributed by atoms with Crippen molar-refractivity contribution in [2.24, 2.45) is 0 Å². The Balaban J connectivity index is 2.10. The van der Waals surface area contributed by atoms with Crippen molar-refractivity contribution in [2.45, 2.75) is 25.2 Å². The van der Waals surface area contributed by atoms with Crippen molar-refractivity contribution < 1.29 is 17.6 Å². The molecule has 0 aliphatic heterocycles. The molecular formula is C17H17FO3S. The first-order valence-corrected chi connectivity index (χ1v) is 8.49. The van der Waals surface area contributed by atoms with Crippen molar-refractivity contribution in [2.75, 3.05) is 5.75 Å². The van der Waals surface area contributed by atoms with Crippen molar-refractivity contribution in [3.63, 3.8) is 0 Å². The largest absolute Gasteiger partial charge is 0.298 e. The topological polar surface area (TPSA) is 51.2 Å². The van der Waals surface area contributed by atoms with Crippen LogP contribution in [0.5, 0.6) is 0 Å². The smallest absolute Gasteiger partial charge is 0.185 e. The number of benzene rings is 2. The average Bonchev–Trinajstić information content (AvgIpc) is 2.42. The summed E-state index contributed by atoms with van der Waals surface area (Å²) in [7, 11) is -3.64. The summed E-state index contributed by atoms with van der Waals surface area (Å²) >= 11 is 0. The summed E-state index contributed by atoms with van der Waals surface area (Å²) in [5, 5.41) is 0. The minimum atomic E-state index is -3.64. The lowest BCUT2D eigenvalue weighted by Crippen LogP contribution is -2.18. The molecule has 2 aromatic carbocycles. The molecule has 0 atom stereocenters. The van der Waals surface area contributed by atoms with E-state index in [-0.39, 0.29) is 17.1 Å². The van der Waals surface area contributed by atoms with Gasteiger partial charge >= 0.3 is 0 Å². The monoisotopic (exact) mass is 320 g/mol. The molecule has 0 N–H and O–H groups in total. The second-order valence-electron chi connectivity index (χ2n) is 5.37. The molecule has 0 aliphatic rings. The molecule has 2 aromatic rings. The molecule has 0 aliphatic carbocycles. The van der Waals surface area contributed by atoms with Crippen LogP contribution in [0, 0.1) is 19.7 Å². The minimum absolute atomic E-state index is 0.0216. The van der Waals surface area contributed by atoms with Crippen LogP contribution in [0.3, 0.4) is 0 Å². The maximum absolute atomic E-state index is 13.2. The highest BCUT2D eigenvalue weighted by Crippen LogP contribution is 2.14. The highest BCUT2D eigenvalue weighted by molar-refractivity contribution is 7.92. The number of hydrogen-bond donors (Lipinski definition) is 0. The third-order valence-corrected chi connectivity index (χ3v) is 5.05. The zero-order chi connectivity index (χ0) is 16.3. The molecule has 0 spiro atoms. The molecule has 0 radical (unpaired) electrons. The summed E-state index contributed by atoms with van der Waals surface area (Å²) in [6.07, 6.45) is -0.0216. The minimum Gasteiger partial charge on any atom is -0.298 e. The van der Waals surface area contributed by atoms with Crippen LogP contribution in [0.25, 0.3) is 0 Å². The Kier molecular flexibility index (Phi) is 4.76. The molecule has 116 valence electrons. The molecule has 22 heavy (non-hydrogen) atoms. The van der Waals surface area contributed by atoms with E-state index in [0.717, 1.165) is 5.56 Å². The SMILES string of the molecule is Cc1ccc(S(=O)(=O)CC(=O)Cc2ccc(F)c(C)c2)cc1. The van der Waals surface area contributed by atoms with Crippen molar-refractivity contribution >= 4 is 15.6 Å². The molecular weight excluding hydrogens is 303 g/mol. The van der Waals surface area contributed by atoms with Gasteiger partial charge in [0.1, 0.15) is 11.6 Å². The molecule has 2 rings (SSSR count). The predicted molar refractivity (Wildman–Crippen MR) is 83.1 cm³/mol. The number of sulfone groups is 1. The lowest BCUT2D eigenvalue weighted by molar-refractivity contribution is -0.116. The van der Waals surface area contributed by atoms with Gasteiger partial charge in [0.15, 0.2) is 15.6 Å². The van der Waals surface area contributed by atoms with Gasteiger partial charge in [0, 0.05) is 6.42 Å². The highest BCUT2D eigenvalue weighted by atomic mass is 32.2. The fourth-order valence-electron chi connectivity index (χ4n) is 2.14. The van der Waals surface area contributed by atoms with Gasteiger partial charge in [-0.25, -0.2) is 12.8 Å². The molecule has 0 saturated heterocycles. The fourth-order valence-corrected chi connectivity index (χ4v) is 3.38. The van der Waals surface area contributed by atoms with Gasteiger partial charge in [0.25, 0.3) is 0 Å². The maximum Gasteiger partial charge on any atom is 0.185 e. The number of carbonyl (C=O) groups excluding carboxylic acids is 1. The summed E-state index contributed by atoms with van der Waals surface area (Å²) in [5.41, 5.74) is 2.00. The van der Waals surface area contributed by atoms with E-state index >= 15 is 0 Å². The average molecular weight is 320 g/mol. The summed E-state index contributed by atoms with van der Waals surface area (Å²) < 4.78 is 37.5. The second-order valence-corrected chi connectivity index (χ2v) is 7.36. The van der Waals surface area contributed by atoms with Crippen molar-refractivity contribution in [3.05, 3.63) is 65.0 Å². The zero-order valence-corrected chi connectivity index (χ0v) is 13.3.